The fourth-order valence-corrected chi connectivity index (χ4v) is 8.54. The van der Waals surface area contributed by atoms with E-state index in [1.54, 1.807) is 6.92 Å². The zero-order chi connectivity index (χ0) is 37.3. The molecule has 0 aromatic heterocycles. The summed E-state index contributed by atoms with van der Waals surface area (Å²) < 4.78 is 45.9. The van der Waals surface area contributed by atoms with Crippen molar-refractivity contribution in [2.45, 2.75) is 149 Å². The summed E-state index contributed by atoms with van der Waals surface area (Å²) in [7, 11) is 3.88. The van der Waals surface area contributed by atoms with E-state index in [0.717, 1.165) is 0 Å². The molecule has 0 amide bonds. The first-order valence-electron chi connectivity index (χ1n) is 18.0. The third-order valence-corrected chi connectivity index (χ3v) is 11.0. The molecular formula is C37H60N2O11. The minimum atomic E-state index is -1.17. The number of oxime groups is 1. The Hall–Kier alpha value is -2.42. The summed E-state index contributed by atoms with van der Waals surface area (Å²) in [6.07, 6.45) is -2.93. The quantitative estimate of drug-likeness (QED) is 0.167. The van der Waals surface area contributed by atoms with E-state index in [1.165, 1.54) is 13.8 Å². The molecular weight excluding hydrogens is 648 g/mol. The lowest BCUT2D eigenvalue weighted by atomic mass is 9.75. The van der Waals surface area contributed by atoms with Gasteiger partial charge in [0.15, 0.2) is 12.4 Å². The van der Waals surface area contributed by atoms with E-state index in [0.29, 0.717) is 30.5 Å². The summed E-state index contributed by atoms with van der Waals surface area (Å²) in [5.41, 5.74) is -0.977. The molecule has 4 saturated heterocycles. The molecule has 3 unspecified atom stereocenters. The van der Waals surface area contributed by atoms with E-state index >= 15 is 0 Å². The first-order chi connectivity index (χ1) is 23.3. The summed E-state index contributed by atoms with van der Waals surface area (Å²) in [6.45, 7) is 22.8. The number of likely N-dealkylation sites (N-methyl/N-ethyl adjacent to an activating group) is 1. The maximum atomic E-state index is 14.2. The molecule has 4 rings (SSSR count). The molecule has 0 saturated carbocycles. The minimum absolute atomic E-state index is 0.164. The molecule has 0 aromatic rings. The van der Waals surface area contributed by atoms with E-state index in [4.69, 9.17) is 38.0 Å². The van der Waals surface area contributed by atoms with Gasteiger partial charge in [-0.25, -0.2) is 4.79 Å². The molecule has 4 bridgehead atoms. The van der Waals surface area contributed by atoms with Crippen molar-refractivity contribution in [2.24, 2.45) is 28.8 Å². The zero-order valence-corrected chi connectivity index (χ0v) is 32.1. The number of hydrogen-bond acceptors (Lipinski definition) is 13. The predicted molar refractivity (Wildman–Crippen MR) is 184 cm³/mol. The van der Waals surface area contributed by atoms with Gasteiger partial charge >= 0.3 is 17.9 Å². The number of esters is 2. The Kier molecular flexibility index (Phi) is 13.0. The summed E-state index contributed by atoms with van der Waals surface area (Å²) in [5.74, 6) is -3.14. The minimum Gasteiger partial charge on any atom is -0.459 e. The summed E-state index contributed by atoms with van der Waals surface area (Å²) >= 11 is 0. The van der Waals surface area contributed by atoms with Crippen LogP contribution in [0.25, 0.3) is 0 Å². The van der Waals surface area contributed by atoms with E-state index in [-0.39, 0.29) is 37.2 Å². The Morgan fingerprint density at radius 3 is 2.30 bits per heavy atom. The molecule has 14 atom stereocenters. The average molecular weight is 709 g/mol. The molecule has 0 aliphatic carbocycles. The zero-order valence-electron chi connectivity index (χ0n) is 32.1. The van der Waals surface area contributed by atoms with Crippen molar-refractivity contribution >= 4 is 23.6 Å². The van der Waals surface area contributed by atoms with Crippen molar-refractivity contribution in [3.63, 3.8) is 0 Å². The number of carbonyl (C=O) groups is 3. The molecule has 0 radical (unpaired) electrons. The number of ether oxygens (including phenoxy) is 7. The van der Waals surface area contributed by atoms with Crippen molar-refractivity contribution in [3.8, 4) is 0 Å². The van der Waals surface area contributed by atoms with E-state index in [1.807, 2.05) is 60.5 Å². The third kappa shape index (κ3) is 8.44. The molecule has 4 heterocycles. The highest BCUT2D eigenvalue weighted by atomic mass is 16.7. The number of rotatable bonds is 6. The van der Waals surface area contributed by atoms with Crippen LogP contribution < -0.4 is 0 Å². The third-order valence-electron chi connectivity index (χ3n) is 11.0. The Morgan fingerprint density at radius 2 is 1.70 bits per heavy atom. The van der Waals surface area contributed by atoms with Crippen LogP contribution in [-0.2, 0) is 52.4 Å². The molecule has 0 N–H and O–H groups in total. The van der Waals surface area contributed by atoms with E-state index in [9.17, 15) is 14.4 Å². The predicted octanol–water partition coefficient (Wildman–Crippen LogP) is 4.45. The van der Waals surface area contributed by atoms with Crippen LogP contribution in [0.2, 0.25) is 0 Å². The lowest BCUT2D eigenvalue weighted by Gasteiger charge is -2.49. The number of nitrogens with zero attached hydrogens (tertiary/aromatic N) is 2. The second-order valence-electron chi connectivity index (χ2n) is 15.5. The smallest absolute Gasteiger partial charge is 0.331 e. The van der Waals surface area contributed by atoms with Crippen LogP contribution in [-0.4, -0.2) is 116 Å². The van der Waals surface area contributed by atoms with Gasteiger partial charge in [0.25, 0.3) is 0 Å². The highest BCUT2D eigenvalue weighted by Gasteiger charge is 2.58. The summed E-state index contributed by atoms with van der Waals surface area (Å²) in [6, 6.07) is -0.174. The number of hydrogen-bond donors (Lipinski definition) is 0. The number of carbonyl (C=O) groups excluding carboxylic acids is 3. The molecule has 4 fully saturated rings. The maximum Gasteiger partial charge on any atom is 0.331 e. The number of cyclic esters (lactones) is 1. The Balaban J connectivity index is 1.88. The summed E-state index contributed by atoms with van der Waals surface area (Å²) in [5, 5.41) is 4.29. The van der Waals surface area contributed by atoms with E-state index in [2.05, 4.69) is 18.7 Å². The normalized spacial score (nSPS) is 43.9. The van der Waals surface area contributed by atoms with Gasteiger partial charge in [0.1, 0.15) is 11.7 Å². The van der Waals surface area contributed by atoms with Crippen LogP contribution in [0.4, 0.5) is 0 Å². The van der Waals surface area contributed by atoms with Gasteiger partial charge in [-0.2, -0.15) is 0 Å². The largest absolute Gasteiger partial charge is 0.459 e. The fourth-order valence-electron chi connectivity index (χ4n) is 8.54. The van der Waals surface area contributed by atoms with Gasteiger partial charge in [0.05, 0.1) is 60.9 Å². The first-order valence-corrected chi connectivity index (χ1v) is 18.0. The molecule has 0 spiro atoms. The van der Waals surface area contributed by atoms with Crippen molar-refractivity contribution < 1.29 is 52.4 Å². The Bertz CT molecular complexity index is 1290. The molecule has 4 aliphatic rings. The second kappa shape index (κ2) is 16.1. The van der Waals surface area contributed by atoms with Gasteiger partial charge in [0, 0.05) is 25.7 Å². The van der Waals surface area contributed by atoms with Crippen LogP contribution in [0.3, 0.4) is 0 Å². The SMILES string of the molecule is C=C1CO[C@H]2[C@H](C)[C@@H](O[C@@H]3O[C@H](C)C[C@H](N(C)C)[C@H]3OC(C)=O)[C@@](C)(C[C@@H](C)C3OC(C)(/C(=N\OC(C)=O)C3C)[C@@H](CC)OC(=O)[C@@H]2C)OC1. The second-order valence-corrected chi connectivity index (χ2v) is 15.5. The van der Waals surface area contributed by atoms with Crippen LogP contribution in [0.1, 0.15) is 88.5 Å². The van der Waals surface area contributed by atoms with Gasteiger partial charge in [-0.3, -0.25) is 9.59 Å². The Labute approximate surface area is 297 Å². The first kappa shape index (κ1) is 40.4. The van der Waals surface area contributed by atoms with Crippen LogP contribution >= 0.6 is 0 Å². The Morgan fingerprint density at radius 1 is 1.02 bits per heavy atom. The highest BCUT2D eigenvalue weighted by molar-refractivity contribution is 5.97. The molecule has 4 aliphatic heterocycles. The standard InChI is InChI=1S/C37H60N2O11/c1-14-28-37(11)32(38-50-26(9)41)22(5)29(49-37)20(3)16-36(10)33(23(6)30(24(7)34(42)47-28)43-17-19(2)18-44-36)48-35-31(46-25(8)40)27(39(12)13)15-21(4)45-35/h20-24,27-31,33,35H,2,14-18H2,1,3-13H3/b38-32-/t20-,21-,22?,23+,24-,27+,28-,29?,30+,31-,33-,35+,36-,37?/m1/s1. The molecule has 13 heteroatoms. The van der Waals surface area contributed by atoms with Crippen LogP contribution in [0.5, 0.6) is 0 Å². The lowest BCUT2D eigenvalue weighted by Crippen LogP contribution is -2.60. The highest BCUT2D eigenvalue weighted by Crippen LogP contribution is 2.46. The average Bonchev–Trinajstić information content (AvgIpc) is 3.31. The fraction of sp³-hybridized carbons (Fsp3) is 0.838. The van der Waals surface area contributed by atoms with Crippen LogP contribution in [0.15, 0.2) is 17.3 Å². The van der Waals surface area contributed by atoms with Gasteiger partial charge in [-0.05, 0) is 72.5 Å². The van der Waals surface area contributed by atoms with Gasteiger partial charge in [0.2, 0.25) is 0 Å². The number of fused-ring (bicyclic) bond motifs is 5. The van der Waals surface area contributed by atoms with Crippen molar-refractivity contribution in [2.75, 3.05) is 27.3 Å². The van der Waals surface area contributed by atoms with Crippen molar-refractivity contribution in [1.82, 2.24) is 4.90 Å². The summed E-state index contributed by atoms with van der Waals surface area (Å²) in [4.78, 5) is 45.7. The lowest BCUT2D eigenvalue weighted by molar-refractivity contribution is -0.305. The molecule has 284 valence electrons. The topological polar surface area (TPSA) is 141 Å². The van der Waals surface area contributed by atoms with Crippen molar-refractivity contribution in [3.05, 3.63) is 12.2 Å². The molecule has 13 nitrogen and oxygen atoms in total. The van der Waals surface area contributed by atoms with Gasteiger partial charge in [-0.1, -0.05) is 39.4 Å². The van der Waals surface area contributed by atoms with Crippen LogP contribution in [0, 0.1) is 23.7 Å². The monoisotopic (exact) mass is 708 g/mol. The van der Waals surface area contributed by atoms with Gasteiger partial charge in [-0.15, -0.1) is 0 Å². The van der Waals surface area contributed by atoms with E-state index < -0.39 is 77.8 Å². The van der Waals surface area contributed by atoms with Crippen molar-refractivity contribution in [1.29, 1.82) is 0 Å². The molecule has 0 aromatic carbocycles. The maximum absolute atomic E-state index is 14.2. The molecule has 50 heavy (non-hydrogen) atoms. The van der Waals surface area contributed by atoms with Gasteiger partial charge < -0.3 is 42.9 Å².